The van der Waals surface area contributed by atoms with Crippen molar-refractivity contribution in [1.29, 1.82) is 0 Å². The van der Waals surface area contributed by atoms with E-state index in [1.54, 1.807) is 24.5 Å². The molecule has 7 nitrogen and oxygen atoms in total. The Morgan fingerprint density at radius 1 is 1.15 bits per heavy atom. The van der Waals surface area contributed by atoms with Crippen LogP contribution in [-0.2, 0) is 14.3 Å². The Kier molecular flexibility index (Phi) is 5.12. The van der Waals surface area contributed by atoms with Gasteiger partial charge in [0.15, 0.2) is 6.61 Å². The first kappa shape index (κ1) is 21.9. The molecule has 34 heavy (non-hydrogen) atoms. The van der Waals surface area contributed by atoms with Crippen molar-refractivity contribution in [2.75, 3.05) is 6.61 Å². The lowest BCUT2D eigenvalue weighted by molar-refractivity contribution is -0.197. The molecule has 0 saturated heterocycles. The summed E-state index contributed by atoms with van der Waals surface area (Å²) < 4.78 is 11.2. The molecule has 7 rings (SSSR count). The predicted molar refractivity (Wildman–Crippen MR) is 124 cm³/mol. The van der Waals surface area contributed by atoms with Crippen LogP contribution in [0.5, 0.6) is 0 Å². The molecule has 5 atom stereocenters. The third kappa shape index (κ3) is 3.75. The van der Waals surface area contributed by atoms with Gasteiger partial charge in [-0.15, -0.1) is 0 Å². The van der Waals surface area contributed by atoms with Crippen molar-refractivity contribution in [1.82, 2.24) is 5.01 Å². The monoisotopic (exact) mass is 482 g/mol. The highest BCUT2D eigenvalue weighted by Crippen LogP contribution is 2.62. The Balaban J connectivity index is 1.18. The summed E-state index contributed by atoms with van der Waals surface area (Å²) in [5, 5.41) is 17.5. The minimum atomic E-state index is -0.760. The molecular formula is C26H27ClN2O5. The normalized spacial score (nSPS) is 33.8. The van der Waals surface area contributed by atoms with E-state index >= 15 is 0 Å². The van der Waals surface area contributed by atoms with Crippen molar-refractivity contribution >= 4 is 29.2 Å². The second-order valence-electron chi connectivity index (χ2n) is 10.6. The summed E-state index contributed by atoms with van der Waals surface area (Å²) in [4.78, 5) is 26.4. The number of hydrazone groups is 1. The second-order valence-corrected chi connectivity index (χ2v) is 11.0. The molecule has 0 spiro atoms. The van der Waals surface area contributed by atoms with Gasteiger partial charge < -0.3 is 14.3 Å². The van der Waals surface area contributed by atoms with Crippen LogP contribution >= 0.6 is 11.6 Å². The van der Waals surface area contributed by atoms with Crippen molar-refractivity contribution in [2.24, 2.45) is 22.4 Å². The molecule has 2 unspecified atom stereocenters. The molecule has 8 heteroatoms. The molecule has 5 aliphatic rings. The summed E-state index contributed by atoms with van der Waals surface area (Å²) in [5.41, 5.74) is 0.183. The van der Waals surface area contributed by atoms with Crippen LogP contribution in [0.3, 0.4) is 0 Å². The molecule has 4 fully saturated rings. The molecule has 1 amide bonds. The van der Waals surface area contributed by atoms with Crippen molar-refractivity contribution in [2.45, 2.75) is 56.6 Å². The highest BCUT2D eigenvalue weighted by atomic mass is 35.5. The zero-order chi connectivity index (χ0) is 23.5. The molecule has 0 radical (unpaired) electrons. The molecule has 1 aromatic carbocycles. The number of carbonyl (C=O) groups excluding carboxylic acids is 2. The highest BCUT2D eigenvalue weighted by molar-refractivity contribution is 6.30. The maximum absolute atomic E-state index is 13.2. The van der Waals surface area contributed by atoms with E-state index in [9.17, 15) is 14.7 Å². The quantitative estimate of drug-likeness (QED) is 0.634. The third-order valence-corrected chi connectivity index (χ3v) is 8.26. The zero-order valence-corrected chi connectivity index (χ0v) is 19.5. The number of aliphatic hydroxyl groups is 1. The van der Waals surface area contributed by atoms with Crippen LogP contribution in [0.25, 0.3) is 0 Å². The fourth-order valence-corrected chi connectivity index (χ4v) is 7.19. The predicted octanol–water partition coefficient (Wildman–Crippen LogP) is 4.49. The lowest BCUT2D eigenvalue weighted by atomic mass is 9.48. The maximum atomic E-state index is 13.2. The number of hydrogen-bond donors (Lipinski definition) is 1. The zero-order valence-electron chi connectivity index (χ0n) is 18.8. The highest BCUT2D eigenvalue weighted by Gasteiger charge is 2.61. The van der Waals surface area contributed by atoms with Crippen molar-refractivity contribution in [3.63, 3.8) is 0 Å². The Labute approximate surface area is 202 Å². The van der Waals surface area contributed by atoms with Crippen LogP contribution < -0.4 is 0 Å². The number of esters is 1. The Hall–Kier alpha value is -2.64. The first-order valence-corrected chi connectivity index (χ1v) is 12.3. The number of amides is 1. The summed E-state index contributed by atoms with van der Waals surface area (Å²) in [7, 11) is 0. The van der Waals surface area contributed by atoms with Crippen LogP contribution in [0.1, 0.15) is 62.3 Å². The van der Waals surface area contributed by atoms with Gasteiger partial charge in [-0.2, -0.15) is 5.10 Å². The summed E-state index contributed by atoms with van der Waals surface area (Å²) in [5.74, 6) is 0.591. The van der Waals surface area contributed by atoms with Gasteiger partial charge in [0.2, 0.25) is 0 Å². The Bertz CT molecular complexity index is 1130. The van der Waals surface area contributed by atoms with E-state index in [2.05, 4.69) is 5.10 Å². The van der Waals surface area contributed by atoms with Crippen LogP contribution in [0.15, 0.2) is 52.2 Å². The van der Waals surface area contributed by atoms with Crippen LogP contribution in [-0.4, -0.2) is 39.9 Å². The number of benzene rings is 1. The molecule has 4 bridgehead atoms. The van der Waals surface area contributed by atoms with Gasteiger partial charge in [-0.1, -0.05) is 23.7 Å². The standard InChI is InChI=1S/C26H27ClN2O5/c27-19-5-3-18(4-6-19)20-9-21(22-2-1-7-33-22)29(28-20)23(30)14-34-24(31)25-10-16-8-17(11-25)13-26(32,12-16)15-25/h1-7,16-17,21,32H,8-15H2/t16-,17+,21-,25?,26?/m0/s1. The SMILES string of the molecule is O=C(COC(=O)C12C[C@@H]3C[C@@H](CC(O)(C3)C1)C2)N1N=C(c2ccc(Cl)cc2)C[C@H]1c1ccco1. The summed E-state index contributed by atoms with van der Waals surface area (Å²) in [6.45, 7) is -0.386. The third-order valence-electron chi connectivity index (χ3n) is 8.00. The Morgan fingerprint density at radius 3 is 2.53 bits per heavy atom. The molecular weight excluding hydrogens is 456 g/mol. The molecule has 2 heterocycles. The van der Waals surface area contributed by atoms with Gasteiger partial charge in [0.1, 0.15) is 11.8 Å². The largest absolute Gasteiger partial charge is 0.467 e. The number of halogens is 1. The van der Waals surface area contributed by atoms with E-state index in [0.717, 1.165) is 43.4 Å². The molecule has 1 aromatic heterocycles. The molecule has 1 N–H and O–H groups in total. The van der Waals surface area contributed by atoms with Gasteiger partial charge in [0.05, 0.1) is 23.0 Å². The van der Waals surface area contributed by atoms with Gasteiger partial charge in [-0.05, 0) is 80.2 Å². The molecule has 4 saturated carbocycles. The Morgan fingerprint density at radius 2 is 1.88 bits per heavy atom. The van der Waals surface area contributed by atoms with E-state index in [1.165, 1.54) is 5.01 Å². The maximum Gasteiger partial charge on any atom is 0.312 e. The van der Waals surface area contributed by atoms with E-state index in [-0.39, 0.29) is 12.6 Å². The minimum absolute atomic E-state index is 0.357. The van der Waals surface area contributed by atoms with Gasteiger partial charge in [0, 0.05) is 11.4 Å². The number of furan rings is 1. The van der Waals surface area contributed by atoms with E-state index < -0.39 is 23.0 Å². The van der Waals surface area contributed by atoms with Crippen LogP contribution in [0.4, 0.5) is 0 Å². The van der Waals surface area contributed by atoms with Gasteiger partial charge >= 0.3 is 5.97 Å². The number of rotatable bonds is 5. The molecule has 4 aliphatic carbocycles. The average molecular weight is 483 g/mol. The van der Waals surface area contributed by atoms with E-state index in [0.29, 0.717) is 35.5 Å². The molecule has 2 aromatic rings. The lowest BCUT2D eigenvalue weighted by Gasteiger charge is -2.58. The molecule has 178 valence electrons. The summed E-state index contributed by atoms with van der Waals surface area (Å²) in [6.07, 6.45) is 6.61. The number of nitrogens with zero attached hydrogens (tertiary/aromatic N) is 2. The first-order valence-electron chi connectivity index (χ1n) is 11.9. The van der Waals surface area contributed by atoms with Gasteiger partial charge in [-0.25, -0.2) is 5.01 Å². The fraction of sp³-hybridized carbons (Fsp3) is 0.500. The first-order chi connectivity index (χ1) is 16.3. The number of carbonyl (C=O) groups is 2. The average Bonchev–Trinajstić information content (AvgIpc) is 3.46. The minimum Gasteiger partial charge on any atom is -0.467 e. The topological polar surface area (TPSA) is 92.3 Å². The molecule has 1 aliphatic heterocycles. The summed E-state index contributed by atoms with van der Waals surface area (Å²) >= 11 is 6.02. The van der Waals surface area contributed by atoms with Crippen LogP contribution in [0, 0.1) is 17.3 Å². The summed E-state index contributed by atoms with van der Waals surface area (Å²) in [6, 6.07) is 10.5. The fourth-order valence-electron chi connectivity index (χ4n) is 7.06. The van der Waals surface area contributed by atoms with Crippen molar-refractivity contribution in [3.05, 3.63) is 59.0 Å². The van der Waals surface area contributed by atoms with Crippen molar-refractivity contribution < 1.29 is 23.8 Å². The smallest absolute Gasteiger partial charge is 0.312 e. The second kappa shape index (κ2) is 7.95. The van der Waals surface area contributed by atoms with Crippen LogP contribution in [0.2, 0.25) is 5.02 Å². The van der Waals surface area contributed by atoms with Crippen molar-refractivity contribution in [3.8, 4) is 0 Å². The van der Waals surface area contributed by atoms with Gasteiger partial charge in [0.25, 0.3) is 5.91 Å². The number of hydrogen-bond acceptors (Lipinski definition) is 6. The van der Waals surface area contributed by atoms with E-state index in [1.807, 2.05) is 18.2 Å². The van der Waals surface area contributed by atoms with Gasteiger partial charge in [-0.3, -0.25) is 9.59 Å². The van der Waals surface area contributed by atoms with E-state index in [4.69, 9.17) is 20.8 Å². The number of ether oxygens (including phenoxy) is 1. The lowest BCUT2D eigenvalue weighted by Crippen LogP contribution is -2.58.